The lowest BCUT2D eigenvalue weighted by Gasteiger charge is -2.30. The number of rotatable bonds is 9. The van der Waals surface area contributed by atoms with Crippen LogP contribution in [0.5, 0.6) is 5.75 Å². The molecule has 1 aliphatic rings. The highest BCUT2D eigenvalue weighted by molar-refractivity contribution is 5.97. The minimum absolute atomic E-state index is 0.116. The summed E-state index contributed by atoms with van der Waals surface area (Å²) in [5.74, 6) is 1.50. The summed E-state index contributed by atoms with van der Waals surface area (Å²) in [4.78, 5) is 14.9. The van der Waals surface area contributed by atoms with Gasteiger partial charge in [-0.25, -0.2) is 0 Å². The Morgan fingerprint density at radius 3 is 2.65 bits per heavy atom. The van der Waals surface area contributed by atoms with E-state index in [4.69, 9.17) is 9.47 Å². The van der Waals surface area contributed by atoms with Gasteiger partial charge in [0, 0.05) is 25.4 Å². The number of carbonyl (C=O) groups is 1. The lowest BCUT2D eigenvalue weighted by Crippen LogP contribution is -2.42. The van der Waals surface area contributed by atoms with E-state index in [9.17, 15) is 4.79 Å². The van der Waals surface area contributed by atoms with Crippen LogP contribution in [0.3, 0.4) is 0 Å². The largest absolute Gasteiger partial charge is 0.492 e. The number of anilines is 1. The molecular weight excluding hydrogens is 328 g/mol. The molecule has 1 saturated heterocycles. The van der Waals surface area contributed by atoms with Crippen LogP contribution >= 0.6 is 0 Å². The van der Waals surface area contributed by atoms with Crippen LogP contribution in [0, 0.1) is 5.92 Å². The Morgan fingerprint density at radius 1 is 1.31 bits per heavy atom. The number of ether oxygens (including phenoxy) is 2. The summed E-state index contributed by atoms with van der Waals surface area (Å²) in [6.07, 6.45) is 3.25. The average Bonchev–Trinajstić information content (AvgIpc) is 2.63. The molecule has 0 aromatic heterocycles. The number of amides is 1. The second-order valence-corrected chi connectivity index (χ2v) is 7.39. The summed E-state index contributed by atoms with van der Waals surface area (Å²) in [5, 5.41) is 2.93. The number of nitrogens with one attached hydrogen (secondary N) is 1. The molecule has 1 aromatic carbocycles. The average molecular weight is 363 g/mol. The third kappa shape index (κ3) is 5.99. The molecule has 0 unspecified atom stereocenters. The number of likely N-dealkylation sites (tertiary alicyclic amines) is 1. The van der Waals surface area contributed by atoms with Gasteiger partial charge >= 0.3 is 0 Å². The van der Waals surface area contributed by atoms with Crippen LogP contribution in [0.1, 0.15) is 47.0 Å². The Kier molecular flexibility index (Phi) is 7.91. The Labute approximate surface area is 158 Å². The molecular formula is C21H34N2O3. The third-order valence-corrected chi connectivity index (χ3v) is 5.15. The normalized spacial score (nSPS) is 20.4. The van der Waals surface area contributed by atoms with Gasteiger partial charge in [-0.15, -0.1) is 0 Å². The molecule has 1 amide bonds. The highest BCUT2D eigenvalue weighted by Gasteiger charge is 2.31. The molecule has 1 heterocycles. The number of piperidine rings is 1. The van der Waals surface area contributed by atoms with E-state index in [-0.39, 0.29) is 5.91 Å². The predicted molar refractivity (Wildman–Crippen MR) is 106 cm³/mol. The summed E-state index contributed by atoms with van der Waals surface area (Å²) in [7, 11) is 0. The van der Waals surface area contributed by atoms with E-state index in [2.05, 4.69) is 17.1 Å². The van der Waals surface area contributed by atoms with E-state index in [0.717, 1.165) is 23.9 Å². The fourth-order valence-electron chi connectivity index (χ4n) is 3.33. The zero-order chi connectivity index (χ0) is 19.0. The van der Waals surface area contributed by atoms with Crippen LogP contribution in [-0.4, -0.2) is 49.3 Å². The van der Waals surface area contributed by atoms with Crippen molar-refractivity contribution >= 4 is 11.6 Å². The van der Waals surface area contributed by atoms with E-state index in [1.807, 2.05) is 45.0 Å². The summed E-state index contributed by atoms with van der Waals surface area (Å²) in [5.41, 5.74) is -0.0400. The first-order valence-corrected chi connectivity index (χ1v) is 9.87. The maximum Gasteiger partial charge on any atom is 0.256 e. The van der Waals surface area contributed by atoms with Crippen molar-refractivity contribution in [2.24, 2.45) is 5.92 Å². The predicted octanol–water partition coefficient (Wildman–Crippen LogP) is 3.94. The summed E-state index contributed by atoms with van der Waals surface area (Å²) < 4.78 is 11.5. The minimum atomic E-state index is -0.796. The van der Waals surface area contributed by atoms with Gasteiger partial charge in [0.25, 0.3) is 5.91 Å². The SMILES string of the molecule is CCO[C@](C)(CC)C(=O)Nc1ccc(OCCN2CCC[C@H](C)C2)cc1. The summed E-state index contributed by atoms with van der Waals surface area (Å²) in [6, 6.07) is 7.55. The molecule has 1 N–H and O–H groups in total. The lowest BCUT2D eigenvalue weighted by atomic mass is 10.0. The van der Waals surface area contributed by atoms with Crippen molar-refractivity contribution < 1.29 is 14.3 Å². The van der Waals surface area contributed by atoms with E-state index in [1.54, 1.807) is 0 Å². The number of hydrogen-bond donors (Lipinski definition) is 1. The van der Waals surface area contributed by atoms with Gasteiger partial charge in [-0.05, 0) is 69.8 Å². The van der Waals surface area contributed by atoms with E-state index >= 15 is 0 Å². The zero-order valence-electron chi connectivity index (χ0n) is 16.7. The van der Waals surface area contributed by atoms with Crippen molar-refractivity contribution in [2.45, 2.75) is 52.6 Å². The van der Waals surface area contributed by atoms with Crippen LogP contribution in [-0.2, 0) is 9.53 Å². The third-order valence-electron chi connectivity index (χ3n) is 5.15. The molecule has 146 valence electrons. The Bertz CT molecular complexity index is 561. The molecule has 1 aromatic rings. The first kappa shape index (κ1) is 20.7. The van der Waals surface area contributed by atoms with Gasteiger partial charge in [0.15, 0.2) is 0 Å². The van der Waals surface area contributed by atoms with Gasteiger partial charge in [-0.2, -0.15) is 0 Å². The molecule has 2 rings (SSSR count). The van der Waals surface area contributed by atoms with Crippen molar-refractivity contribution in [3.05, 3.63) is 24.3 Å². The monoisotopic (exact) mass is 362 g/mol. The van der Waals surface area contributed by atoms with Crippen molar-refractivity contribution in [2.75, 3.05) is 38.2 Å². The highest BCUT2D eigenvalue weighted by Crippen LogP contribution is 2.21. The number of benzene rings is 1. The summed E-state index contributed by atoms with van der Waals surface area (Å²) >= 11 is 0. The zero-order valence-corrected chi connectivity index (χ0v) is 16.7. The van der Waals surface area contributed by atoms with Crippen molar-refractivity contribution in [3.63, 3.8) is 0 Å². The number of carbonyl (C=O) groups excluding carboxylic acids is 1. The van der Waals surface area contributed by atoms with Crippen LogP contribution < -0.4 is 10.1 Å². The van der Waals surface area contributed by atoms with Crippen molar-refractivity contribution in [3.8, 4) is 5.75 Å². The molecule has 26 heavy (non-hydrogen) atoms. The summed E-state index contributed by atoms with van der Waals surface area (Å²) in [6.45, 7) is 12.5. The lowest BCUT2D eigenvalue weighted by molar-refractivity contribution is -0.139. The molecule has 0 spiro atoms. The molecule has 0 aliphatic carbocycles. The maximum atomic E-state index is 12.4. The van der Waals surface area contributed by atoms with E-state index in [0.29, 0.717) is 19.6 Å². The Hall–Kier alpha value is -1.59. The smallest absolute Gasteiger partial charge is 0.256 e. The van der Waals surface area contributed by atoms with Crippen LogP contribution in [0.2, 0.25) is 0 Å². The topological polar surface area (TPSA) is 50.8 Å². The first-order valence-electron chi connectivity index (χ1n) is 9.87. The van der Waals surface area contributed by atoms with Gasteiger partial charge < -0.3 is 14.8 Å². The van der Waals surface area contributed by atoms with Crippen LogP contribution in [0.4, 0.5) is 5.69 Å². The Balaban J connectivity index is 1.79. The fourth-order valence-corrected chi connectivity index (χ4v) is 3.33. The second kappa shape index (κ2) is 9.93. The van der Waals surface area contributed by atoms with Crippen LogP contribution in [0.15, 0.2) is 24.3 Å². The number of nitrogens with zero attached hydrogens (tertiary/aromatic N) is 1. The van der Waals surface area contributed by atoms with Crippen molar-refractivity contribution in [1.82, 2.24) is 4.90 Å². The van der Waals surface area contributed by atoms with Gasteiger partial charge in [0.2, 0.25) is 0 Å². The molecule has 0 radical (unpaired) electrons. The van der Waals surface area contributed by atoms with Gasteiger partial charge in [0.05, 0.1) is 0 Å². The fraction of sp³-hybridized carbons (Fsp3) is 0.667. The van der Waals surface area contributed by atoms with E-state index in [1.165, 1.54) is 25.9 Å². The highest BCUT2D eigenvalue weighted by atomic mass is 16.5. The molecule has 2 atom stereocenters. The molecule has 1 fully saturated rings. The minimum Gasteiger partial charge on any atom is -0.492 e. The molecule has 0 bridgehead atoms. The molecule has 1 aliphatic heterocycles. The Morgan fingerprint density at radius 2 is 2.04 bits per heavy atom. The quantitative estimate of drug-likeness (QED) is 0.723. The number of hydrogen-bond acceptors (Lipinski definition) is 4. The molecule has 5 heteroatoms. The maximum absolute atomic E-state index is 12.4. The van der Waals surface area contributed by atoms with Crippen molar-refractivity contribution in [1.29, 1.82) is 0 Å². The first-order chi connectivity index (χ1) is 12.5. The standard InChI is InChI=1S/C21H34N2O3/c1-5-21(4,26-6-2)20(24)22-18-9-11-19(12-10-18)25-15-14-23-13-7-8-17(3)16-23/h9-12,17H,5-8,13-16H2,1-4H3,(H,22,24)/t17-,21+/m0/s1. The van der Waals surface area contributed by atoms with Gasteiger partial charge in [-0.1, -0.05) is 13.8 Å². The van der Waals surface area contributed by atoms with Gasteiger partial charge in [-0.3, -0.25) is 9.69 Å². The van der Waals surface area contributed by atoms with E-state index < -0.39 is 5.60 Å². The van der Waals surface area contributed by atoms with Gasteiger partial charge in [0.1, 0.15) is 18.0 Å². The molecule has 5 nitrogen and oxygen atoms in total. The molecule has 0 saturated carbocycles. The second-order valence-electron chi connectivity index (χ2n) is 7.39. The van der Waals surface area contributed by atoms with Crippen LogP contribution in [0.25, 0.3) is 0 Å².